The lowest BCUT2D eigenvalue weighted by atomic mass is 10.1. The molecule has 1 aliphatic rings. The highest BCUT2D eigenvalue weighted by atomic mass is 32.1. The third-order valence-corrected chi connectivity index (χ3v) is 4.67. The molecule has 22 heavy (non-hydrogen) atoms. The minimum absolute atomic E-state index is 0.0395. The van der Waals surface area contributed by atoms with Crippen LogP contribution in [0.5, 0.6) is 0 Å². The summed E-state index contributed by atoms with van der Waals surface area (Å²) in [6.07, 6.45) is 2.10. The topological polar surface area (TPSA) is 41.1 Å². The highest BCUT2D eigenvalue weighted by molar-refractivity contribution is 7.11. The lowest BCUT2D eigenvalue weighted by molar-refractivity contribution is -0.123. The molecule has 3 nitrogen and oxygen atoms in total. The van der Waals surface area contributed by atoms with Crippen molar-refractivity contribution in [1.82, 2.24) is 10.6 Å². The average Bonchev–Trinajstić information content (AvgIpc) is 3.21. The van der Waals surface area contributed by atoms with Crippen molar-refractivity contribution in [3.63, 3.8) is 0 Å². The molecule has 1 aromatic carbocycles. The number of rotatable bonds is 6. The van der Waals surface area contributed by atoms with Gasteiger partial charge in [0.15, 0.2) is 0 Å². The first-order chi connectivity index (χ1) is 10.6. The molecule has 0 unspecified atom stereocenters. The van der Waals surface area contributed by atoms with E-state index in [4.69, 9.17) is 0 Å². The number of halogens is 1. The van der Waals surface area contributed by atoms with E-state index in [9.17, 15) is 9.18 Å². The first-order valence-electron chi connectivity index (χ1n) is 7.46. The van der Waals surface area contributed by atoms with E-state index in [0.717, 1.165) is 18.4 Å². The van der Waals surface area contributed by atoms with E-state index in [1.165, 1.54) is 21.9 Å². The third kappa shape index (κ3) is 3.93. The summed E-state index contributed by atoms with van der Waals surface area (Å²) >= 11 is 1.71. The summed E-state index contributed by atoms with van der Waals surface area (Å²) in [6.45, 7) is 2.68. The summed E-state index contributed by atoms with van der Waals surface area (Å²) in [5, 5.41) is 6.31. The van der Waals surface area contributed by atoms with Crippen LogP contribution in [0.25, 0.3) is 0 Å². The smallest absolute Gasteiger partial charge is 0.241 e. The molecule has 0 spiro atoms. The Morgan fingerprint density at radius 2 is 2.00 bits per heavy atom. The van der Waals surface area contributed by atoms with Crippen molar-refractivity contribution in [2.24, 2.45) is 0 Å². The fourth-order valence-electron chi connectivity index (χ4n) is 2.31. The molecule has 1 aliphatic carbocycles. The van der Waals surface area contributed by atoms with Gasteiger partial charge in [0.05, 0.1) is 0 Å². The Morgan fingerprint density at radius 1 is 1.27 bits per heavy atom. The van der Waals surface area contributed by atoms with Crippen LogP contribution in [0.3, 0.4) is 0 Å². The van der Waals surface area contributed by atoms with Gasteiger partial charge in [-0.1, -0.05) is 12.1 Å². The molecule has 1 atom stereocenters. The number of nitrogens with one attached hydrogen (secondary N) is 2. The van der Waals surface area contributed by atoms with Gasteiger partial charge in [-0.15, -0.1) is 11.3 Å². The third-order valence-electron chi connectivity index (χ3n) is 3.67. The van der Waals surface area contributed by atoms with Gasteiger partial charge in [-0.05, 0) is 49.6 Å². The first kappa shape index (κ1) is 15.2. The normalized spacial score (nSPS) is 15.5. The molecule has 116 valence electrons. The molecule has 1 amide bonds. The Morgan fingerprint density at radius 3 is 2.59 bits per heavy atom. The van der Waals surface area contributed by atoms with Crippen molar-refractivity contribution >= 4 is 17.2 Å². The van der Waals surface area contributed by atoms with E-state index < -0.39 is 6.04 Å². The molecule has 5 heteroatoms. The monoisotopic (exact) mass is 318 g/mol. The van der Waals surface area contributed by atoms with E-state index in [-0.39, 0.29) is 11.7 Å². The van der Waals surface area contributed by atoms with Crippen LogP contribution < -0.4 is 10.6 Å². The number of aryl methyl sites for hydroxylation is 1. The van der Waals surface area contributed by atoms with Gasteiger partial charge in [0, 0.05) is 22.3 Å². The zero-order chi connectivity index (χ0) is 15.5. The number of carbonyl (C=O) groups excluding carboxylic acids is 1. The fourth-order valence-corrected chi connectivity index (χ4v) is 3.15. The van der Waals surface area contributed by atoms with Crippen LogP contribution >= 0.6 is 11.3 Å². The maximum Gasteiger partial charge on any atom is 0.241 e. The largest absolute Gasteiger partial charge is 0.352 e. The number of carbonyl (C=O) groups is 1. The Kier molecular flexibility index (Phi) is 4.55. The van der Waals surface area contributed by atoms with Gasteiger partial charge in [0.1, 0.15) is 11.9 Å². The highest BCUT2D eigenvalue weighted by Gasteiger charge is 2.28. The molecule has 2 aromatic rings. The molecular formula is C17H19FN2OS. The summed E-state index contributed by atoms with van der Waals surface area (Å²) in [5.74, 6) is -0.332. The fraction of sp³-hybridized carbons (Fsp3) is 0.353. The molecule has 0 radical (unpaired) electrons. The maximum atomic E-state index is 13.1. The van der Waals surface area contributed by atoms with Crippen LogP contribution in [0.4, 0.5) is 4.39 Å². The first-order valence-corrected chi connectivity index (χ1v) is 8.28. The lowest BCUT2D eigenvalue weighted by Gasteiger charge is -2.18. The zero-order valence-corrected chi connectivity index (χ0v) is 13.3. The van der Waals surface area contributed by atoms with Gasteiger partial charge in [-0.2, -0.15) is 0 Å². The molecule has 1 saturated carbocycles. The van der Waals surface area contributed by atoms with Gasteiger partial charge in [0.25, 0.3) is 0 Å². The molecule has 2 N–H and O–H groups in total. The van der Waals surface area contributed by atoms with Crippen LogP contribution in [0.2, 0.25) is 0 Å². The summed E-state index contributed by atoms with van der Waals surface area (Å²) in [7, 11) is 0. The summed E-state index contributed by atoms with van der Waals surface area (Å²) < 4.78 is 13.1. The standard InChI is InChI=1S/C17H19FN2OS/c1-11-2-9-15(22-11)10-19-16(17(21)20-14-7-8-14)12-3-5-13(18)6-4-12/h2-6,9,14,16,19H,7-8,10H2,1H3,(H,20,21)/t16-/m0/s1. The Hall–Kier alpha value is -1.72. The van der Waals surface area contributed by atoms with E-state index in [2.05, 4.69) is 29.7 Å². The van der Waals surface area contributed by atoms with Crippen molar-refractivity contribution in [1.29, 1.82) is 0 Å². The van der Waals surface area contributed by atoms with Crippen molar-refractivity contribution in [3.8, 4) is 0 Å². The predicted molar refractivity (Wildman–Crippen MR) is 86.2 cm³/mol. The summed E-state index contributed by atoms with van der Waals surface area (Å²) in [4.78, 5) is 14.9. The van der Waals surface area contributed by atoms with Crippen molar-refractivity contribution in [2.75, 3.05) is 0 Å². The summed E-state index contributed by atoms with van der Waals surface area (Å²) in [6, 6.07) is 10.1. The lowest BCUT2D eigenvalue weighted by Crippen LogP contribution is -2.38. The van der Waals surface area contributed by atoms with Crippen LogP contribution in [-0.4, -0.2) is 11.9 Å². The van der Waals surface area contributed by atoms with Gasteiger partial charge in [0.2, 0.25) is 5.91 Å². The molecular weight excluding hydrogens is 299 g/mol. The van der Waals surface area contributed by atoms with Gasteiger partial charge in [-0.3, -0.25) is 10.1 Å². The van der Waals surface area contributed by atoms with E-state index in [1.807, 2.05) is 0 Å². The SMILES string of the molecule is Cc1ccc(CN[C@H](C(=O)NC2CC2)c2ccc(F)cc2)s1. The maximum absolute atomic E-state index is 13.1. The molecule has 1 heterocycles. The van der Waals surface area contributed by atoms with E-state index in [0.29, 0.717) is 12.6 Å². The summed E-state index contributed by atoms with van der Waals surface area (Å²) in [5.41, 5.74) is 0.785. The van der Waals surface area contributed by atoms with E-state index >= 15 is 0 Å². The van der Waals surface area contributed by atoms with Crippen molar-refractivity contribution in [3.05, 3.63) is 57.5 Å². The number of benzene rings is 1. The minimum atomic E-state index is -0.455. The van der Waals surface area contributed by atoms with Crippen molar-refractivity contribution in [2.45, 2.75) is 38.4 Å². The molecule has 0 aliphatic heterocycles. The van der Waals surface area contributed by atoms with Crippen molar-refractivity contribution < 1.29 is 9.18 Å². The number of hydrogen-bond donors (Lipinski definition) is 2. The van der Waals surface area contributed by atoms with Gasteiger partial charge in [-0.25, -0.2) is 4.39 Å². The quantitative estimate of drug-likeness (QED) is 0.858. The van der Waals surface area contributed by atoms with Crippen LogP contribution in [0.1, 0.15) is 34.2 Å². The Bertz CT molecular complexity index is 649. The van der Waals surface area contributed by atoms with Crippen LogP contribution in [0.15, 0.2) is 36.4 Å². The number of amides is 1. The molecule has 0 bridgehead atoms. The predicted octanol–water partition coefficient (Wildman–Crippen LogP) is 3.31. The highest BCUT2D eigenvalue weighted by Crippen LogP contribution is 2.22. The van der Waals surface area contributed by atoms with E-state index in [1.54, 1.807) is 23.5 Å². The second-order valence-electron chi connectivity index (χ2n) is 5.66. The average molecular weight is 318 g/mol. The second kappa shape index (κ2) is 6.58. The Balaban J connectivity index is 1.72. The number of hydrogen-bond acceptors (Lipinski definition) is 3. The van der Waals surface area contributed by atoms with Crippen LogP contribution in [0, 0.1) is 12.7 Å². The Labute approximate surface area is 133 Å². The molecule has 1 aromatic heterocycles. The van der Waals surface area contributed by atoms with Crippen LogP contribution in [-0.2, 0) is 11.3 Å². The molecule has 0 saturated heterocycles. The van der Waals surface area contributed by atoms with Gasteiger partial charge >= 0.3 is 0 Å². The van der Waals surface area contributed by atoms with Gasteiger partial charge < -0.3 is 5.32 Å². The second-order valence-corrected chi connectivity index (χ2v) is 7.03. The number of thiophene rings is 1. The zero-order valence-electron chi connectivity index (χ0n) is 12.4. The minimum Gasteiger partial charge on any atom is -0.352 e. The molecule has 1 fully saturated rings. The molecule has 3 rings (SSSR count).